The van der Waals surface area contributed by atoms with Gasteiger partial charge in [-0.2, -0.15) is 13.2 Å². The van der Waals surface area contributed by atoms with Crippen molar-refractivity contribution in [3.8, 4) is 0 Å². The lowest BCUT2D eigenvalue weighted by Gasteiger charge is -2.13. The second-order valence-electron chi connectivity index (χ2n) is 2.75. The molecule has 7 heteroatoms. The summed E-state index contributed by atoms with van der Waals surface area (Å²) >= 11 is 0. The van der Waals surface area contributed by atoms with Gasteiger partial charge in [-0.05, 0) is 6.42 Å². The van der Waals surface area contributed by atoms with Crippen LogP contribution in [0.4, 0.5) is 13.2 Å². The molecule has 0 bridgehead atoms. The Balaban J connectivity index is 4.11. The maximum atomic E-state index is 11.7. The Bertz CT molecular complexity index is 227. The molecule has 0 aromatic rings. The highest BCUT2D eigenvalue weighted by molar-refractivity contribution is 5.81. The Kier molecular flexibility index (Phi) is 4.39. The van der Waals surface area contributed by atoms with E-state index in [9.17, 15) is 22.8 Å². The van der Waals surface area contributed by atoms with Gasteiger partial charge in [0.15, 0.2) is 0 Å². The van der Waals surface area contributed by atoms with Crippen molar-refractivity contribution in [1.29, 1.82) is 0 Å². The second-order valence-corrected chi connectivity index (χ2v) is 2.75. The average molecular weight is 213 g/mol. The molecule has 0 aromatic heterocycles. The minimum atomic E-state index is -4.41. The molecule has 0 radical (unpaired) electrons. The summed E-state index contributed by atoms with van der Waals surface area (Å²) in [5.74, 6) is -2.14. The largest absolute Gasteiger partial charge is 0.480 e. The van der Waals surface area contributed by atoms with Gasteiger partial charge in [0.25, 0.3) is 0 Å². The molecule has 0 spiro atoms. The number of alkyl halides is 3. The van der Waals surface area contributed by atoms with Crippen molar-refractivity contribution in [3.63, 3.8) is 0 Å². The molecule has 4 nitrogen and oxygen atoms in total. The molecular weight excluding hydrogens is 203 g/mol. The van der Waals surface area contributed by atoms with Crippen LogP contribution in [0.5, 0.6) is 0 Å². The maximum Gasteiger partial charge on any atom is 0.389 e. The van der Waals surface area contributed by atoms with Gasteiger partial charge < -0.3 is 10.4 Å². The third-order valence-electron chi connectivity index (χ3n) is 1.39. The van der Waals surface area contributed by atoms with Crippen molar-refractivity contribution < 1.29 is 27.9 Å². The predicted octanol–water partition coefficient (Wildman–Crippen LogP) is 0.918. The van der Waals surface area contributed by atoms with Crippen LogP contribution >= 0.6 is 0 Å². The van der Waals surface area contributed by atoms with E-state index in [2.05, 4.69) is 0 Å². The van der Waals surface area contributed by atoms with Crippen LogP contribution in [0, 0.1) is 0 Å². The van der Waals surface area contributed by atoms with Crippen molar-refractivity contribution in [2.75, 3.05) is 0 Å². The SMILES string of the molecule is CC(=O)N[C@@H](CCC(F)(F)F)C(=O)O. The van der Waals surface area contributed by atoms with Crippen LogP contribution in [-0.2, 0) is 9.59 Å². The lowest BCUT2D eigenvalue weighted by molar-refractivity contribution is -0.148. The van der Waals surface area contributed by atoms with Gasteiger partial charge >= 0.3 is 12.1 Å². The van der Waals surface area contributed by atoms with Gasteiger partial charge in [0, 0.05) is 13.3 Å². The molecule has 0 saturated carbocycles. The fraction of sp³-hybridized carbons (Fsp3) is 0.714. The topological polar surface area (TPSA) is 66.4 Å². The molecule has 1 atom stereocenters. The minimum Gasteiger partial charge on any atom is -0.480 e. The molecule has 14 heavy (non-hydrogen) atoms. The second kappa shape index (κ2) is 4.83. The molecule has 0 aromatic carbocycles. The van der Waals surface area contributed by atoms with Crippen LogP contribution in [0.1, 0.15) is 19.8 Å². The van der Waals surface area contributed by atoms with Crippen molar-refractivity contribution in [2.45, 2.75) is 32.0 Å². The third-order valence-corrected chi connectivity index (χ3v) is 1.39. The molecule has 0 heterocycles. The van der Waals surface area contributed by atoms with E-state index >= 15 is 0 Å². The molecule has 82 valence electrons. The summed E-state index contributed by atoms with van der Waals surface area (Å²) in [6.07, 6.45) is -6.30. The van der Waals surface area contributed by atoms with Gasteiger partial charge in [-0.1, -0.05) is 0 Å². The molecule has 2 N–H and O–H groups in total. The fourth-order valence-corrected chi connectivity index (χ4v) is 0.811. The van der Waals surface area contributed by atoms with E-state index in [-0.39, 0.29) is 0 Å². The van der Waals surface area contributed by atoms with Crippen LogP contribution in [0.25, 0.3) is 0 Å². The normalized spacial score (nSPS) is 13.4. The summed E-state index contributed by atoms with van der Waals surface area (Å²) in [5, 5.41) is 10.4. The zero-order valence-corrected chi connectivity index (χ0v) is 7.39. The zero-order chi connectivity index (χ0) is 11.4. The van der Waals surface area contributed by atoms with Gasteiger partial charge in [0.2, 0.25) is 5.91 Å². The fourth-order valence-electron chi connectivity index (χ4n) is 0.811. The molecule has 0 saturated heterocycles. The Morgan fingerprint density at radius 2 is 1.93 bits per heavy atom. The summed E-state index contributed by atoms with van der Waals surface area (Å²) in [4.78, 5) is 20.8. The smallest absolute Gasteiger partial charge is 0.389 e. The van der Waals surface area contributed by atoms with E-state index in [4.69, 9.17) is 5.11 Å². The minimum absolute atomic E-state index is 0.654. The summed E-state index contributed by atoms with van der Waals surface area (Å²) < 4.78 is 35.1. The van der Waals surface area contributed by atoms with Crippen molar-refractivity contribution >= 4 is 11.9 Å². The quantitative estimate of drug-likeness (QED) is 0.729. The first-order chi connectivity index (χ1) is 6.22. The Morgan fingerprint density at radius 1 is 1.43 bits per heavy atom. The predicted molar refractivity (Wildman–Crippen MR) is 40.5 cm³/mol. The summed E-state index contributed by atoms with van der Waals surface area (Å²) in [6.45, 7) is 1.05. The monoisotopic (exact) mass is 213 g/mol. The number of halogens is 3. The number of carboxylic acid groups (broad SMARTS) is 1. The number of hydrogen-bond acceptors (Lipinski definition) is 2. The average Bonchev–Trinajstić information content (AvgIpc) is 1.94. The standard InChI is InChI=1S/C7H10F3NO3/c1-4(12)11-5(6(13)14)2-3-7(8,9)10/h5H,2-3H2,1H3,(H,11,12)(H,13,14)/t5-/m0/s1. The van der Waals surface area contributed by atoms with E-state index in [0.29, 0.717) is 0 Å². The number of hydrogen-bond donors (Lipinski definition) is 2. The summed E-state index contributed by atoms with van der Waals surface area (Å²) in [5.41, 5.74) is 0. The van der Waals surface area contributed by atoms with E-state index in [0.717, 1.165) is 6.92 Å². The highest BCUT2D eigenvalue weighted by Gasteiger charge is 2.30. The number of carbonyl (C=O) groups excluding carboxylic acids is 1. The van der Waals surface area contributed by atoms with Gasteiger partial charge in [0.05, 0.1) is 0 Å². The number of carbonyl (C=O) groups is 2. The number of rotatable bonds is 4. The van der Waals surface area contributed by atoms with Gasteiger partial charge in [0.1, 0.15) is 6.04 Å². The first-order valence-electron chi connectivity index (χ1n) is 3.79. The first kappa shape index (κ1) is 12.7. The molecule has 1 amide bonds. The third kappa shape index (κ3) is 6.27. The molecule has 0 aliphatic rings. The zero-order valence-electron chi connectivity index (χ0n) is 7.39. The number of aliphatic carboxylic acids is 1. The Hall–Kier alpha value is -1.27. The van der Waals surface area contributed by atoms with Crippen LogP contribution in [-0.4, -0.2) is 29.2 Å². The van der Waals surface area contributed by atoms with Gasteiger partial charge in [-0.15, -0.1) is 0 Å². The molecular formula is C7H10F3NO3. The Labute approximate surface area is 78.1 Å². The van der Waals surface area contributed by atoms with Crippen LogP contribution < -0.4 is 5.32 Å². The van der Waals surface area contributed by atoms with Gasteiger partial charge in [-0.3, -0.25) is 4.79 Å². The highest BCUT2D eigenvalue weighted by Crippen LogP contribution is 2.22. The summed E-state index contributed by atoms with van der Waals surface area (Å²) in [6, 6.07) is -1.48. The molecule has 0 unspecified atom stereocenters. The lowest BCUT2D eigenvalue weighted by atomic mass is 10.1. The Morgan fingerprint density at radius 3 is 2.21 bits per heavy atom. The highest BCUT2D eigenvalue weighted by atomic mass is 19.4. The van der Waals surface area contributed by atoms with Gasteiger partial charge in [-0.25, -0.2) is 4.79 Å². The van der Waals surface area contributed by atoms with Crippen molar-refractivity contribution in [1.82, 2.24) is 5.32 Å². The first-order valence-corrected chi connectivity index (χ1v) is 3.79. The number of amides is 1. The van der Waals surface area contributed by atoms with E-state index in [1.807, 2.05) is 5.32 Å². The molecule has 0 fully saturated rings. The van der Waals surface area contributed by atoms with Crippen LogP contribution in [0.3, 0.4) is 0 Å². The van der Waals surface area contributed by atoms with Crippen molar-refractivity contribution in [3.05, 3.63) is 0 Å². The molecule has 0 aliphatic heterocycles. The van der Waals surface area contributed by atoms with Crippen molar-refractivity contribution in [2.24, 2.45) is 0 Å². The van der Waals surface area contributed by atoms with Crippen LogP contribution in [0.15, 0.2) is 0 Å². The molecule has 0 rings (SSSR count). The van der Waals surface area contributed by atoms with E-state index < -0.39 is 36.9 Å². The maximum absolute atomic E-state index is 11.7. The van der Waals surface area contributed by atoms with E-state index in [1.54, 1.807) is 0 Å². The number of nitrogens with one attached hydrogen (secondary N) is 1. The lowest BCUT2D eigenvalue weighted by Crippen LogP contribution is -2.40. The van der Waals surface area contributed by atoms with E-state index in [1.165, 1.54) is 0 Å². The summed E-state index contributed by atoms with van der Waals surface area (Å²) in [7, 11) is 0. The number of carboxylic acids is 1. The van der Waals surface area contributed by atoms with Crippen LogP contribution in [0.2, 0.25) is 0 Å². The molecule has 0 aliphatic carbocycles.